The maximum atomic E-state index is 13.5. The number of aryl methyl sites for hydroxylation is 1. The zero-order chi connectivity index (χ0) is 14.0. The Labute approximate surface area is 118 Å². The lowest BCUT2D eigenvalue weighted by Crippen LogP contribution is -2.06. The minimum absolute atomic E-state index is 0.0248. The highest BCUT2D eigenvalue weighted by atomic mass is 79.9. The summed E-state index contributed by atoms with van der Waals surface area (Å²) >= 11 is 3.04. The molecule has 1 aromatic carbocycles. The van der Waals surface area contributed by atoms with E-state index in [1.54, 1.807) is 0 Å². The lowest BCUT2D eigenvalue weighted by molar-refractivity contribution is 0.504. The fraction of sp³-hybridized carbons (Fsp3) is 0.231. The molecular formula is C13H12BrF2N3. The van der Waals surface area contributed by atoms with Crippen molar-refractivity contribution in [3.8, 4) is 11.4 Å². The number of hydrogen-bond acceptors (Lipinski definition) is 3. The highest BCUT2D eigenvalue weighted by Gasteiger charge is 2.15. The van der Waals surface area contributed by atoms with E-state index < -0.39 is 11.6 Å². The van der Waals surface area contributed by atoms with Gasteiger partial charge in [0, 0.05) is 23.4 Å². The van der Waals surface area contributed by atoms with Crippen LogP contribution < -0.4 is 5.73 Å². The van der Waals surface area contributed by atoms with Crippen LogP contribution >= 0.6 is 15.9 Å². The van der Waals surface area contributed by atoms with Crippen LogP contribution in [0.3, 0.4) is 0 Å². The first-order chi connectivity index (χ1) is 9.02. The molecule has 0 amide bonds. The molecule has 0 saturated carbocycles. The van der Waals surface area contributed by atoms with Gasteiger partial charge in [-0.25, -0.2) is 18.7 Å². The van der Waals surface area contributed by atoms with Crippen molar-refractivity contribution in [1.82, 2.24) is 9.97 Å². The van der Waals surface area contributed by atoms with Crippen LogP contribution in [0.5, 0.6) is 0 Å². The van der Waals surface area contributed by atoms with Crippen LogP contribution in [-0.2, 0) is 6.42 Å². The van der Waals surface area contributed by atoms with E-state index in [4.69, 9.17) is 5.73 Å². The zero-order valence-electron chi connectivity index (χ0n) is 10.3. The molecule has 0 bridgehead atoms. The third-order valence-electron chi connectivity index (χ3n) is 2.58. The van der Waals surface area contributed by atoms with Crippen molar-refractivity contribution in [1.29, 1.82) is 0 Å². The highest BCUT2D eigenvalue weighted by Crippen LogP contribution is 2.29. The Kier molecular flexibility index (Phi) is 4.21. The van der Waals surface area contributed by atoms with Crippen molar-refractivity contribution in [2.45, 2.75) is 13.3 Å². The molecular weight excluding hydrogens is 316 g/mol. The van der Waals surface area contributed by atoms with Gasteiger partial charge in [-0.1, -0.05) is 0 Å². The van der Waals surface area contributed by atoms with Gasteiger partial charge in [0.25, 0.3) is 0 Å². The molecule has 2 aromatic rings. The van der Waals surface area contributed by atoms with Gasteiger partial charge in [0.05, 0.1) is 4.47 Å². The third kappa shape index (κ3) is 2.96. The fourth-order valence-electron chi connectivity index (χ4n) is 1.73. The Bertz CT molecular complexity index is 617. The smallest absolute Gasteiger partial charge is 0.173 e. The molecule has 1 aromatic heterocycles. The van der Waals surface area contributed by atoms with E-state index in [2.05, 4.69) is 25.9 Å². The van der Waals surface area contributed by atoms with Gasteiger partial charge >= 0.3 is 0 Å². The average Bonchev–Trinajstić information content (AvgIpc) is 2.36. The van der Waals surface area contributed by atoms with Crippen molar-refractivity contribution in [2.24, 2.45) is 5.73 Å². The predicted molar refractivity (Wildman–Crippen MR) is 72.6 cm³/mol. The Morgan fingerprint density at radius 3 is 2.68 bits per heavy atom. The average molecular weight is 328 g/mol. The van der Waals surface area contributed by atoms with Crippen molar-refractivity contribution < 1.29 is 8.78 Å². The summed E-state index contributed by atoms with van der Waals surface area (Å²) in [5.74, 6) is -1.50. The number of rotatable bonds is 3. The summed E-state index contributed by atoms with van der Waals surface area (Å²) < 4.78 is 26.6. The van der Waals surface area contributed by atoms with Crippen molar-refractivity contribution in [3.05, 3.63) is 45.7 Å². The van der Waals surface area contributed by atoms with E-state index in [0.717, 1.165) is 17.5 Å². The summed E-state index contributed by atoms with van der Waals surface area (Å²) in [7, 11) is 0. The van der Waals surface area contributed by atoms with E-state index in [1.807, 2.05) is 13.0 Å². The van der Waals surface area contributed by atoms with Crippen LogP contribution in [0.25, 0.3) is 11.4 Å². The maximum Gasteiger partial charge on any atom is 0.173 e. The molecule has 2 N–H and O–H groups in total. The number of aromatic nitrogens is 2. The second-order valence-corrected chi connectivity index (χ2v) is 4.88. The van der Waals surface area contributed by atoms with Crippen LogP contribution in [0.1, 0.15) is 11.4 Å². The van der Waals surface area contributed by atoms with Crippen LogP contribution in [-0.4, -0.2) is 16.5 Å². The van der Waals surface area contributed by atoms with Gasteiger partial charge < -0.3 is 5.73 Å². The van der Waals surface area contributed by atoms with Crippen LogP contribution in [0, 0.1) is 18.6 Å². The molecule has 0 radical (unpaired) electrons. The first kappa shape index (κ1) is 14.0. The van der Waals surface area contributed by atoms with Gasteiger partial charge in [0.2, 0.25) is 0 Å². The molecule has 19 heavy (non-hydrogen) atoms. The van der Waals surface area contributed by atoms with Gasteiger partial charge in [-0.15, -0.1) is 0 Å². The predicted octanol–water partition coefficient (Wildman–Crippen LogP) is 2.99. The van der Waals surface area contributed by atoms with Crippen LogP contribution in [0.15, 0.2) is 22.7 Å². The molecule has 100 valence electrons. The second kappa shape index (κ2) is 5.71. The largest absolute Gasteiger partial charge is 0.330 e. The molecule has 0 spiro atoms. The minimum Gasteiger partial charge on any atom is -0.330 e. The quantitative estimate of drug-likeness (QED) is 0.882. The topological polar surface area (TPSA) is 51.8 Å². The molecule has 0 fully saturated rings. The van der Waals surface area contributed by atoms with Gasteiger partial charge in [-0.2, -0.15) is 0 Å². The molecule has 0 aliphatic rings. The normalized spacial score (nSPS) is 10.8. The van der Waals surface area contributed by atoms with Crippen LogP contribution in [0.4, 0.5) is 8.78 Å². The Morgan fingerprint density at radius 2 is 2.00 bits per heavy atom. The summed E-state index contributed by atoms with van der Waals surface area (Å²) in [5, 5.41) is 0. The van der Waals surface area contributed by atoms with Gasteiger partial charge in [-0.3, -0.25) is 0 Å². The first-order valence-electron chi connectivity index (χ1n) is 5.71. The zero-order valence-corrected chi connectivity index (χ0v) is 11.8. The number of hydrogen-bond donors (Lipinski definition) is 1. The van der Waals surface area contributed by atoms with Crippen LogP contribution in [0.2, 0.25) is 0 Å². The molecule has 0 aliphatic carbocycles. The Hall–Kier alpha value is -1.40. The number of benzene rings is 1. The number of nitrogens with two attached hydrogens (primary N) is 1. The lowest BCUT2D eigenvalue weighted by Gasteiger charge is -2.08. The van der Waals surface area contributed by atoms with Crippen molar-refractivity contribution in [2.75, 3.05) is 6.54 Å². The molecule has 1 heterocycles. The molecule has 0 atom stereocenters. The van der Waals surface area contributed by atoms with E-state index in [9.17, 15) is 8.78 Å². The van der Waals surface area contributed by atoms with Crippen molar-refractivity contribution >= 4 is 15.9 Å². The monoisotopic (exact) mass is 327 g/mol. The van der Waals surface area contributed by atoms with Gasteiger partial charge in [0.15, 0.2) is 17.5 Å². The number of halogens is 3. The molecule has 3 nitrogen and oxygen atoms in total. The second-order valence-electron chi connectivity index (χ2n) is 4.09. The molecule has 2 rings (SSSR count). The first-order valence-corrected chi connectivity index (χ1v) is 6.50. The standard InChI is InChI=1S/C13H12BrF2N3/c1-7-6-8(4-5-17)19-13(18-7)9-2-3-10(15)12(16)11(9)14/h2-3,6H,4-5,17H2,1H3. The number of nitrogens with zero attached hydrogens (tertiary/aromatic N) is 2. The fourth-order valence-corrected chi connectivity index (χ4v) is 2.23. The molecule has 0 aliphatic heterocycles. The summed E-state index contributed by atoms with van der Waals surface area (Å²) in [6.07, 6.45) is 0.609. The van der Waals surface area contributed by atoms with E-state index in [0.29, 0.717) is 24.4 Å². The van der Waals surface area contributed by atoms with E-state index in [1.165, 1.54) is 6.07 Å². The van der Waals surface area contributed by atoms with Crippen molar-refractivity contribution in [3.63, 3.8) is 0 Å². The summed E-state index contributed by atoms with van der Waals surface area (Å²) in [5.41, 5.74) is 7.45. The summed E-state index contributed by atoms with van der Waals surface area (Å²) in [6, 6.07) is 4.33. The SMILES string of the molecule is Cc1cc(CCN)nc(-c2ccc(F)c(F)c2Br)n1. The molecule has 0 saturated heterocycles. The Morgan fingerprint density at radius 1 is 1.26 bits per heavy atom. The summed E-state index contributed by atoms with van der Waals surface area (Å²) in [6.45, 7) is 2.29. The minimum atomic E-state index is -0.942. The molecule has 0 unspecified atom stereocenters. The highest BCUT2D eigenvalue weighted by molar-refractivity contribution is 9.10. The van der Waals surface area contributed by atoms with E-state index in [-0.39, 0.29) is 4.47 Å². The molecule has 6 heteroatoms. The van der Waals surface area contributed by atoms with E-state index >= 15 is 0 Å². The lowest BCUT2D eigenvalue weighted by atomic mass is 10.1. The third-order valence-corrected chi connectivity index (χ3v) is 3.36. The van der Waals surface area contributed by atoms with Gasteiger partial charge in [0.1, 0.15) is 0 Å². The maximum absolute atomic E-state index is 13.5. The Balaban J connectivity index is 2.55. The summed E-state index contributed by atoms with van der Waals surface area (Å²) in [4.78, 5) is 8.56. The van der Waals surface area contributed by atoms with Gasteiger partial charge in [-0.05, 0) is 47.6 Å².